The number of rotatable bonds is 4. The van der Waals surface area contributed by atoms with E-state index in [-0.39, 0.29) is 5.91 Å². The Labute approximate surface area is 79.7 Å². The van der Waals surface area contributed by atoms with Crippen molar-refractivity contribution in [2.24, 2.45) is 5.73 Å². The number of carbonyl (C=O) groups excluding carboxylic acids is 1. The van der Waals surface area contributed by atoms with Crippen LogP contribution in [0.2, 0.25) is 0 Å². The fourth-order valence-corrected chi connectivity index (χ4v) is 1.55. The number of nitrogens with zero attached hydrogens (tertiary/aromatic N) is 2. The summed E-state index contributed by atoms with van der Waals surface area (Å²) in [5.74, 6) is -0.186. The molecule has 0 aromatic rings. The van der Waals surface area contributed by atoms with Crippen molar-refractivity contribution >= 4 is 5.91 Å². The van der Waals surface area contributed by atoms with Gasteiger partial charge >= 0.3 is 0 Å². The Morgan fingerprint density at radius 1 is 1.31 bits per heavy atom. The van der Waals surface area contributed by atoms with Crippen LogP contribution >= 0.6 is 0 Å². The minimum absolute atomic E-state index is 0.186. The van der Waals surface area contributed by atoms with Crippen LogP contribution in [-0.2, 0) is 4.79 Å². The Morgan fingerprint density at radius 3 is 2.46 bits per heavy atom. The lowest BCUT2D eigenvalue weighted by Crippen LogP contribution is -2.44. The Hall–Kier alpha value is -0.610. The van der Waals surface area contributed by atoms with Crippen molar-refractivity contribution < 1.29 is 4.79 Å². The molecule has 4 heteroatoms. The summed E-state index contributed by atoms with van der Waals surface area (Å²) in [7, 11) is 2.14. The summed E-state index contributed by atoms with van der Waals surface area (Å²) in [6.07, 6.45) is 1.42. The molecular weight excluding hydrogens is 166 g/mol. The predicted octanol–water partition coefficient (Wildman–Crippen LogP) is -0.501. The highest BCUT2D eigenvalue weighted by molar-refractivity contribution is 5.73. The van der Waals surface area contributed by atoms with Crippen molar-refractivity contribution in [3.05, 3.63) is 0 Å². The van der Waals surface area contributed by atoms with Crippen molar-refractivity contribution in [2.75, 3.05) is 39.8 Å². The summed E-state index contributed by atoms with van der Waals surface area (Å²) in [6, 6.07) is 0. The first-order valence-corrected chi connectivity index (χ1v) is 4.87. The summed E-state index contributed by atoms with van der Waals surface area (Å²) in [6.45, 7) is 5.52. The van der Waals surface area contributed by atoms with Crippen LogP contribution in [0.1, 0.15) is 12.8 Å². The number of likely N-dealkylation sites (N-methyl/N-ethyl adjacent to an activating group) is 1. The number of hydrogen-bond acceptors (Lipinski definition) is 3. The number of amides is 1. The Morgan fingerprint density at radius 2 is 1.92 bits per heavy atom. The minimum Gasteiger partial charge on any atom is -0.370 e. The third-order valence-electron chi connectivity index (χ3n) is 2.49. The predicted molar refractivity (Wildman–Crippen MR) is 52.4 cm³/mol. The monoisotopic (exact) mass is 185 g/mol. The summed E-state index contributed by atoms with van der Waals surface area (Å²) < 4.78 is 0. The zero-order valence-corrected chi connectivity index (χ0v) is 8.33. The lowest BCUT2D eigenvalue weighted by atomic mass is 10.2. The topological polar surface area (TPSA) is 49.6 Å². The van der Waals surface area contributed by atoms with Gasteiger partial charge in [-0.2, -0.15) is 0 Å². The molecule has 1 saturated heterocycles. The van der Waals surface area contributed by atoms with Crippen LogP contribution in [0.5, 0.6) is 0 Å². The summed E-state index contributed by atoms with van der Waals surface area (Å²) >= 11 is 0. The van der Waals surface area contributed by atoms with Gasteiger partial charge in [0.25, 0.3) is 0 Å². The second-order valence-corrected chi connectivity index (χ2v) is 3.71. The van der Waals surface area contributed by atoms with Crippen molar-refractivity contribution in [3.8, 4) is 0 Å². The molecule has 76 valence electrons. The molecule has 1 aliphatic heterocycles. The van der Waals surface area contributed by atoms with E-state index in [0.717, 1.165) is 39.1 Å². The molecule has 13 heavy (non-hydrogen) atoms. The maximum Gasteiger partial charge on any atom is 0.217 e. The van der Waals surface area contributed by atoms with E-state index in [9.17, 15) is 4.79 Å². The van der Waals surface area contributed by atoms with Gasteiger partial charge in [-0.05, 0) is 20.0 Å². The Kier molecular flexibility index (Phi) is 4.18. The minimum atomic E-state index is -0.186. The molecule has 1 heterocycles. The SMILES string of the molecule is CN1CCN(CCCC(N)=O)CC1. The van der Waals surface area contributed by atoms with Gasteiger partial charge in [-0.25, -0.2) is 0 Å². The highest BCUT2D eigenvalue weighted by atomic mass is 16.1. The highest BCUT2D eigenvalue weighted by Gasteiger charge is 2.12. The molecule has 0 radical (unpaired) electrons. The average molecular weight is 185 g/mol. The van der Waals surface area contributed by atoms with Gasteiger partial charge in [0, 0.05) is 32.6 Å². The van der Waals surface area contributed by atoms with E-state index in [1.165, 1.54) is 0 Å². The molecule has 0 saturated carbocycles. The van der Waals surface area contributed by atoms with Crippen molar-refractivity contribution in [3.63, 3.8) is 0 Å². The lowest BCUT2D eigenvalue weighted by molar-refractivity contribution is -0.118. The fraction of sp³-hybridized carbons (Fsp3) is 0.889. The molecule has 1 aliphatic rings. The molecule has 0 unspecified atom stereocenters. The maximum absolute atomic E-state index is 10.5. The van der Waals surface area contributed by atoms with Gasteiger partial charge in [0.15, 0.2) is 0 Å². The average Bonchev–Trinajstić information content (AvgIpc) is 2.08. The van der Waals surface area contributed by atoms with Gasteiger partial charge < -0.3 is 15.5 Å². The number of nitrogens with two attached hydrogens (primary N) is 1. The first kappa shape index (κ1) is 10.5. The lowest BCUT2D eigenvalue weighted by Gasteiger charge is -2.32. The summed E-state index contributed by atoms with van der Waals surface area (Å²) in [5, 5.41) is 0. The van der Waals surface area contributed by atoms with E-state index in [0.29, 0.717) is 6.42 Å². The Balaban J connectivity index is 2.05. The van der Waals surface area contributed by atoms with E-state index in [1.807, 2.05) is 0 Å². The van der Waals surface area contributed by atoms with E-state index < -0.39 is 0 Å². The molecular formula is C9H19N3O. The van der Waals surface area contributed by atoms with Crippen LogP contribution in [0.15, 0.2) is 0 Å². The number of hydrogen-bond donors (Lipinski definition) is 1. The van der Waals surface area contributed by atoms with Gasteiger partial charge in [0.2, 0.25) is 5.91 Å². The molecule has 0 aromatic carbocycles. The normalized spacial score (nSPS) is 20.4. The molecule has 4 nitrogen and oxygen atoms in total. The van der Waals surface area contributed by atoms with Crippen molar-refractivity contribution in [2.45, 2.75) is 12.8 Å². The van der Waals surface area contributed by atoms with Crippen LogP contribution in [0, 0.1) is 0 Å². The molecule has 1 amide bonds. The highest BCUT2D eigenvalue weighted by Crippen LogP contribution is 2.00. The van der Waals surface area contributed by atoms with E-state index in [1.54, 1.807) is 0 Å². The van der Waals surface area contributed by atoms with Crippen LogP contribution in [0.25, 0.3) is 0 Å². The van der Waals surface area contributed by atoms with Crippen LogP contribution < -0.4 is 5.73 Å². The van der Waals surface area contributed by atoms with Gasteiger partial charge in [0.05, 0.1) is 0 Å². The van der Waals surface area contributed by atoms with E-state index in [4.69, 9.17) is 5.73 Å². The summed E-state index contributed by atoms with van der Waals surface area (Å²) in [4.78, 5) is 15.2. The third kappa shape index (κ3) is 4.24. The molecule has 2 N–H and O–H groups in total. The Bertz CT molecular complexity index is 164. The third-order valence-corrected chi connectivity index (χ3v) is 2.49. The van der Waals surface area contributed by atoms with Crippen LogP contribution in [0.4, 0.5) is 0 Å². The number of primary amides is 1. The van der Waals surface area contributed by atoms with E-state index >= 15 is 0 Å². The van der Waals surface area contributed by atoms with Crippen molar-refractivity contribution in [1.29, 1.82) is 0 Å². The fourth-order valence-electron chi connectivity index (χ4n) is 1.55. The van der Waals surface area contributed by atoms with Crippen LogP contribution in [0.3, 0.4) is 0 Å². The second-order valence-electron chi connectivity index (χ2n) is 3.71. The number of carbonyl (C=O) groups is 1. The molecule has 0 atom stereocenters. The maximum atomic E-state index is 10.5. The molecule has 1 fully saturated rings. The summed E-state index contributed by atoms with van der Waals surface area (Å²) in [5.41, 5.74) is 5.06. The molecule has 0 bridgehead atoms. The van der Waals surface area contributed by atoms with Gasteiger partial charge in [-0.3, -0.25) is 4.79 Å². The standard InChI is InChI=1S/C9H19N3O/c1-11-5-7-12(8-6-11)4-2-3-9(10)13/h2-8H2,1H3,(H2,10,13). The molecule has 0 aromatic heterocycles. The largest absolute Gasteiger partial charge is 0.370 e. The zero-order valence-electron chi connectivity index (χ0n) is 8.33. The van der Waals surface area contributed by atoms with E-state index in [2.05, 4.69) is 16.8 Å². The smallest absolute Gasteiger partial charge is 0.217 e. The second kappa shape index (κ2) is 5.19. The van der Waals surface area contributed by atoms with Gasteiger partial charge in [-0.1, -0.05) is 0 Å². The molecule has 1 rings (SSSR count). The van der Waals surface area contributed by atoms with Crippen LogP contribution in [-0.4, -0.2) is 55.5 Å². The number of piperazine rings is 1. The van der Waals surface area contributed by atoms with Gasteiger partial charge in [-0.15, -0.1) is 0 Å². The molecule has 0 aliphatic carbocycles. The quantitative estimate of drug-likeness (QED) is 0.642. The molecule has 0 spiro atoms. The zero-order chi connectivity index (χ0) is 9.68. The van der Waals surface area contributed by atoms with Crippen molar-refractivity contribution in [1.82, 2.24) is 9.80 Å². The first-order chi connectivity index (χ1) is 6.18. The first-order valence-electron chi connectivity index (χ1n) is 4.87. The van der Waals surface area contributed by atoms with Gasteiger partial charge in [0.1, 0.15) is 0 Å².